The summed E-state index contributed by atoms with van der Waals surface area (Å²) in [5.41, 5.74) is 1.41. The van der Waals surface area contributed by atoms with Gasteiger partial charge in [-0.2, -0.15) is 0 Å². The van der Waals surface area contributed by atoms with Gasteiger partial charge in [0.25, 0.3) is 0 Å². The molecule has 0 radical (unpaired) electrons. The molecule has 0 spiro atoms. The van der Waals surface area contributed by atoms with E-state index in [0.717, 1.165) is 62.9 Å². The number of carbonyl (C=O) groups excluding carboxylic acids is 2. The van der Waals surface area contributed by atoms with Crippen molar-refractivity contribution < 1.29 is 9.59 Å². The summed E-state index contributed by atoms with van der Waals surface area (Å²) in [6, 6.07) is 10.5. The van der Waals surface area contributed by atoms with E-state index in [1.54, 1.807) is 0 Å². The molecule has 5 fully saturated rings. The number of nitrogens with one attached hydrogen (secondary N) is 2. The standard InChI is InChI=1S/C25H35N3O2/c29-23(28-10-7-22(8-11-28)21-4-2-1-3-5-21)6-9-26-24(30)27-25-15-18-12-19(16-25)14-20(13-18)17-25/h1-5,18-20,22H,6-17H2,(H2,26,27,30). The number of urea groups is 1. The minimum Gasteiger partial charge on any atom is -0.343 e. The zero-order chi connectivity index (χ0) is 20.6. The van der Waals surface area contributed by atoms with Gasteiger partial charge < -0.3 is 15.5 Å². The van der Waals surface area contributed by atoms with Gasteiger partial charge in [-0.05, 0) is 80.6 Å². The van der Waals surface area contributed by atoms with E-state index in [1.807, 2.05) is 4.90 Å². The summed E-state index contributed by atoms with van der Waals surface area (Å²) in [4.78, 5) is 27.1. The van der Waals surface area contributed by atoms with Crippen molar-refractivity contribution in [1.29, 1.82) is 0 Å². The SMILES string of the molecule is O=C(NCCC(=O)N1CCC(c2ccccc2)CC1)NC12CC3CC(CC(C3)C1)C2. The Labute approximate surface area is 180 Å². The summed E-state index contributed by atoms with van der Waals surface area (Å²) in [5, 5.41) is 6.29. The van der Waals surface area contributed by atoms with E-state index in [2.05, 4.69) is 41.0 Å². The van der Waals surface area contributed by atoms with Gasteiger partial charge in [0.05, 0.1) is 0 Å². The first-order valence-corrected chi connectivity index (χ1v) is 12.0. The summed E-state index contributed by atoms with van der Waals surface area (Å²) in [7, 11) is 0. The van der Waals surface area contributed by atoms with Gasteiger partial charge in [-0.1, -0.05) is 30.3 Å². The Balaban J connectivity index is 1.04. The molecule has 30 heavy (non-hydrogen) atoms. The second-order valence-corrected chi connectivity index (χ2v) is 10.4. The van der Waals surface area contributed by atoms with Crippen LogP contribution in [0.2, 0.25) is 0 Å². The highest BCUT2D eigenvalue weighted by Gasteiger charge is 2.51. The molecule has 5 aliphatic rings. The van der Waals surface area contributed by atoms with E-state index >= 15 is 0 Å². The first-order chi connectivity index (χ1) is 14.6. The minimum atomic E-state index is -0.0764. The zero-order valence-electron chi connectivity index (χ0n) is 17.9. The van der Waals surface area contributed by atoms with Gasteiger partial charge in [0.2, 0.25) is 5.91 Å². The fourth-order valence-corrected chi connectivity index (χ4v) is 7.18. The first kappa shape index (κ1) is 19.9. The largest absolute Gasteiger partial charge is 0.343 e. The normalized spacial score (nSPS) is 32.8. The van der Waals surface area contributed by atoms with Gasteiger partial charge in [-0.15, -0.1) is 0 Å². The van der Waals surface area contributed by atoms with Gasteiger partial charge in [-0.3, -0.25) is 4.79 Å². The molecule has 0 atom stereocenters. The highest BCUT2D eigenvalue weighted by atomic mass is 16.2. The Kier molecular flexibility index (Phi) is 5.46. The molecule has 4 aliphatic carbocycles. The molecule has 1 aromatic rings. The summed E-state index contributed by atoms with van der Waals surface area (Å²) in [6.07, 6.45) is 10.0. The first-order valence-electron chi connectivity index (χ1n) is 12.0. The van der Waals surface area contributed by atoms with E-state index in [1.165, 1.54) is 24.8 Å². The fraction of sp³-hybridized carbons (Fsp3) is 0.680. The topological polar surface area (TPSA) is 61.4 Å². The molecule has 5 heteroatoms. The van der Waals surface area contributed by atoms with Crippen molar-refractivity contribution in [3.05, 3.63) is 35.9 Å². The number of rotatable bonds is 5. The summed E-state index contributed by atoms with van der Waals surface area (Å²) in [5.74, 6) is 3.17. The maximum absolute atomic E-state index is 12.6. The fourth-order valence-electron chi connectivity index (χ4n) is 7.18. The highest BCUT2D eigenvalue weighted by Crippen LogP contribution is 2.55. The van der Waals surface area contributed by atoms with Crippen molar-refractivity contribution >= 4 is 11.9 Å². The molecule has 1 aromatic carbocycles. The molecular formula is C25H35N3O2. The predicted molar refractivity (Wildman–Crippen MR) is 117 cm³/mol. The van der Waals surface area contributed by atoms with Gasteiger partial charge in [0.1, 0.15) is 0 Å². The molecule has 162 valence electrons. The molecule has 3 amide bonds. The number of likely N-dealkylation sites (tertiary alicyclic amines) is 1. The zero-order valence-corrected chi connectivity index (χ0v) is 17.9. The molecule has 0 unspecified atom stereocenters. The smallest absolute Gasteiger partial charge is 0.315 e. The van der Waals surface area contributed by atoms with Crippen LogP contribution in [0.25, 0.3) is 0 Å². The second-order valence-electron chi connectivity index (χ2n) is 10.4. The van der Waals surface area contributed by atoms with Crippen molar-refractivity contribution in [3.63, 3.8) is 0 Å². The van der Waals surface area contributed by atoms with Gasteiger partial charge in [0.15, 0.2) is 0 Å². The molecule has 6 rings (SSSR count). The monoisotopic (exact) mass is 409 g/mol. The summed E-state index contributed by atoms with van der Waals surface area (Å²) < 4.78 is 0. The van der Waals surface area contributed by atoms with E-state index in [-0.39, 0.29) is 17.5 Å². The average Bonchev–Trinajstić information content (AvgIpc) is 2.73. The lowest BCUT2D eigenvalue weighted by atomic mass is 9.53. The number of nitrogens with zero attached hydrogens (tertiary/aromatic N) is 1. The lowest BCUT2D eigenvalue weighted by molar-refractivity contribution is -0.132. The van der Waals surface area contributed by atoms with Crippen LogP contribution in [0.4, 0.5) is 4.79 Å². The number of carbonyl (C=O) groups is 2. The van der Waals surface area contributed by atoms with E-state index in [4.69, 9.17) is 0 Å². The molecule has 5 nitrogen and oxygen atoms in total. The third-order valence-corrected chi connectivity index (χ3v) is 8.16. The van der Waals surface area contributed by atoms with Crippen LogP contribution in [0, 0.1) is 17.8 Å². The van der Waals surface area contributed by atoms with E-state index in [0.29, 0.717) is 18.9 Å². The van der Waals surface area contributed by atoms with E-state index in [9.17, 15) is 9.59 Å². The van der Waals surface area contributed by atoms with Crippen molar-refractivity contribution in [2.45, 2.75) is 69.2 Å². The van der Waals surface area contributed by atoms with Crippen LogP contribution in [-0.2, 0) is 4.79 Å². The van der Waals surface area contributed by atoms with Crippen molar-refractivity contribution in [3.8, 4) is 0 Å². The van der Waals surface area contributed by atoms with Crippen LogP contribution in [0.5, 0.6) is 0 Å². The maximum Gasteiger partial charge on any atom is 0.315 e. The molecule has 4 bridgehead atoms. The van der Waals surface area contributed by atoms with Crippen molar-refractivity contribution in [2.24, 2.45) is 17.8 Å². The number of piperidine rings is 1. The maximum atomic E-state index is 12.6. The highest BCUT2D eigenvalue weighted by molar-refractivity contribution is 5.78. The molecule has 1 aliphatic heterocycles. The van der Waals surface area contributed by atoms with Crippen LogP contribution in [0.1, 0.15) is 69.3 Å². The Morgan fingerprint density at radius 1 is 0.933 bits per heavy atom. The second kappa shape index (κ2) is 8.24. The number of hydrogen-bond donors (Lipinski definition) is 2. The molecule has 1 saturated heterocycles. The Bertz CT molecular complexity index is 735. The molecule has 1 heterocycles. The van der Waals surface area contributed by atoms with Gasteiger partial charge >= 0.3 is 6.03 Å². The predicted octanol–water partition coefficient (Wildman–Crippen LogP) is 4.05. The lowest BCUT2D eigenvalue weighted by Gasteiger charge is -2.56. The number of amides is 3. The van der Waals surface area contributed by atoms with Gasteiger partial charge in [0, 0.05) is 31.6 Å². The lowest BCUT2D eigenvalue weighted by Crippen LogP contribution is -2.61. The Morgan fingerprint density at radius 2 is 1.53 bits per heavy atom. The average molecular weight is 410 g/mol. The van der Waals surface area contributed by atoms with Crippen molar-refractivity contribution in [1.82, 2.24) is 15.5 Å². The van der Waals surface area contributed by atoms with Gasteiger partial charge in [-0.25, -0.2) is 4.79 Å². The summed E-state index contributed by atoms with van der Waals surface area (Å²) >= 11 is 0. The summed E-state index contributed by atoms with van der Waals surface area (Å²) in [6.45, 7) is 2.06. The molecule has 2 N–H and O–H groups in total. The van der Waals surface area contributed by atoms with Crippen LogP contribution in [0.3, 0.4) is 0 Å². The van der Waals surface area contributed by atoms with Crippen LogP contribution >= 0.6 is 0 Å². The van der Waals surface area contributed by atoms with E-state index < -0.39 is 0 Å². The third kappa shape index (κ3) is 4.21. The Morgan fingerprint density at radius 3 is 2.13 bits per heavy atom. The quantitative estimate of drug-likeness (QED) is 0.771. The number of hydrogen-bond acceptors (Lipinski definition) is 2. The molecule has 4 saturated carbocycles. The van der Waals surface area contributed by atoms with Crippen LogP contribution in [0.15, 0.2) is 30.3 Å². The van der Waals surface area contributed by atoms with Crippen LogP contribution < -0.4 is 10.6 Å². The number of benzene rings is 1. The molecular weight excluding hydrogens is 374 g/mol. The van der Waals surface area contributed by atoms with Crippen molar-refractivity contribution in [2.75, 3.05) is 19.6 Å². The minimum absolute atomic E-state index is 0.0299. The Hall–Kier alpha value is -2.04. The third-order valence-electron chi connectivity index (χ3n) is 8.16. The van der Waals surface area contributed by atoms with Crippen LogP contribution in [-0.4, -0.2) is 42.0 Å². The molecule has 0 aromatic heterocycles.